The van der Waals surface area contributed by atoms with Crippen LogP contribution < -0.4 is 5.73 Å². The third-order valence-corrected chi connectivity index (χ3v) is 5.51. The van der Waals surface area contributed by atoms with E-state index in [4.69, 9.17) is 10.5 Å². The molecule has 2 N–H and O–H groups in total. The van der Waals surface area contributed by atoms with Crippen molar-refractivity contribution in [2.45, 2.75) is 95.2 Å². The van der Waals surface area contributed by atoms with E-state index in [1.165, 1.54) is 70.6 Å². The van der Waals surface area contributed by atoms with E-state index in [1.807, 2.05) is 7.11 Å². The summed E-state index contributed by atoms with van der Waals surface area (Å²) in [4.78, 5) is 2.90. The predicted octanol–water partition coefficient (Wildman–Crippen LogP) is 3.71. The minimum absolute atomic E-state index is 0.588. The average Bonchev–Trinajstić information content (AvgIpc) is 2.55. The quantitative estimate of drug-likeness (QED) is 0.742. The maximum atomic E-state index is 5.77. The fraction of sp³-hybridized carbons (Fsp3) is 1.00. The molecule has 0 bridgehead atoms. The zero-order valence-corrected chi connectivity index (χ0v) is 14.1. The zero-order valence-electron chi connectivity index (χ0n) is 14.1. The Morgan fingerprint density at radius 1 is 0.952 bits per heavy atom. The molecular formula is C18H36N2O. The molecule has 124 valence electrons. The van der Waals surface area contributed by atoms with E-state index >= 15 is 0 Å². The summed E-state index contributed by atoms with van der Waals surface area (Å²) in [6.07, 6.45) is 16.5. The van der Waals surface area contributed by atoms with Gasteiger partial charge in [-0.15, -0.1) is 0 Å². The molecule has 0 aromatic heterocycles. The molecule has 1 atom stereocenters. The molecule has 2 rings (SSSR count). The van der Waals surface area contributed by atoms with Gasteiger partial charge in [0.2, 0.25) is 0 Å². The molecule has 0 saturated heterocycles. The van der Waals surface area contributed by atoms with E-state index in [9.17, 15) is 0 Å². The standard InChI is InChI=1S/C18H36N2O/c1-21-15-18(13-8-14-19)20(16-9-4-2-5-10-16)17-11-6-3-7-12-17/h16-18H,2-15,19H2,1H3. The minimum atomic E-state index is 0.588. The van der Waals surface area contributed by atoms with Gasteiger partial charge in [-0.2, -0.15) is 0 Å². The predicted molar refractivity (Wildman–Crippen MR) is 89.5 cm³/mol. The molecule has 0 aromatic carbocycles. The van der Waals surface area contributed by atoms with Crippen LogP contribution in [0.2, 0.25) is 0 Å². The highest BCUT2D eigenvalue weighted by Gasteiger charge is 2.33. The smallest absolute Gasteiger partial charge is 0.0618 e. The van der Waals surface area contributed by atoms with Gasteiger partial charge in [-0.25, -0.2) is 0 Å². The fourth-order valence-electron chi connectivity index (χ4n) is 4.52. The maximum Gasteiger partial charge on any atom is 0.0618 e. The SMILES string of the molecule is COCC(CCCN)N(C1CCCCC1)C1CCCCC1. The third kappa shape index (κ3) is 5.22. The molecular weight excluding hydrogens is 260 g/mol. The highest BCUT2D eigenvalue weighted by atomic mass is 16.5. The van der Waals surface area contributed by atoms with Crippen LogP contribution in [-0.4, -0.2) is 43.3 Å². The van der Waals surface area contributed by atoms with Crippen molar-refractivity contribution in [3.05, 3.63) is 0 Å². The fourth-order valence-corrected chi connectivity index (χ4v) is 4.52. The second-order valence-corrected chi connectivity index (χ2v) is 7.07. The van der Waals surface area contributed by atoms with E-state index in [-0.39, 0.29) is 0 Å². The first-order valence-corrected chi connectivity index (χ1v) is 9.33. The van der Waals surface area contributed by atoms with Crippen molar-refractivity contribution in [1.82, 2.24) is 4.90 Å². The third-order valence-electron chi connectivity index (χ3n) is 5.51. The number of rotatable bonds is 8. The lowest BCUT2D eigenvalue weighted by Gasteiger charge is -2.46. The summed E-state index contributed by atoms with van der Waals surface area (Å²) in [6.45, 7) is 1.69. The van der Waals surface area contributed by atoms with E-state index in [0.717, 1.165) is 31.7 Å². The lowest BCUT2D eigenvalue weighted by Crippen LogP contribution is -2.52. The summed E-state index contributed by atoms with van der Waals surface area (Å²) in [7, 11) is 1.86. The second-order valence-electron chi connectivity index (χ2n) is 7.07. The van der Waals surface area contributed by atoms with Gasteiger partial charge in [0.25, 0.3) is 0 Å². The van der Waals surface area contributed by atoms with Gasteiger partial charge < -0.3 is 10.5 Å². The molecule has 3 nitrogen and oxygen atoms in total. The number of hydrogen-bond acceptors (Lipinski definition) is 3. The molecule has 2 aliphatic carbocycles. The van der Waals surface area contributed by atoms with Crippen LogP contribution >= 0.6 is 0 Å². The normalized spacial score (nSPS) is 23.6. The maximum absolute atomic E-state index is 5.77. The number of methoxy groups -OCH3 is 1. The van der Waals surface area contributed by atoms with E-state index in [0.29, 0.717) is 6.04 Å². The van der Waals surface area contributed by atoms with Crippen LogP contribution in [-0.2, 0) is 4.74 Å². The van der Waals surface area contributed by atoms with E-state index in [2.05, 4.69) is 4.90 Å². The Kier molecular flexibility index (Phi) is 8.05. The molecule has 1 unspecified atom stereocenters. The molecule has 21 heavy (non-hydrogen) atoms. The topological polar surface area (TPSA) is 38.5 Å². The number of ether oxygens (including phenoxy) is 1. The van der Waals surface area contributed by atoms with E-state index < -0.39 is 0 Å². The Labute approximate surface area is 131 Å². The minimum Gasteiger partial charge on any atom is -0.383 e. The Hall–Kier alpha value is -0.120. The highest BCUT2D eigenvalue weighted by molar-refractivity contribution is 4.88. The highest BCUT2D eigenvalue weighted by Crippen LogP contribution is 2.32. The Morgan fingerprint density at radius 2 is 1.48 bits per heavy atom. The van der Waals surface area contributed by atoms with Crippen LogP contribution in [0.1, 0.15) is 77.0 Å². The van der Waals surface area contributed by atoms with Gasteiger partial charge in [-0.3, -0.25) is 4.90 Å². The number of nitrogens with two attached hydrogens (primary N) is 1. The summed E-state index contributed by atoms with van der Waals surface area (Å²) in [6, 6.07) is 2.20. The van der Waals surface area contributed by atoms with E-state index in [1.54, 1.807) is 0 Å². The summed E-state index contributed by atoms with van der Waals surface area (Å²) in [5, 5.41) is 0. The van der Waals surface area contributed by atoms with Crippen LogP contribution in [0.15, 0.2) is 0 Å². The molecule has 0 amide bonds. The lowest BCUT2D eigenvalue weighted by atomic mass is 9.86. The average molecular weight is 296 g/mol. The molecule has 0 heterocycles. The van der Waals surface area contributed by atoms with Gasteiger partial charge >= 0.3 is 0 Å². The van der Waals surface area contributed by atoms with Gasteiger partial charge in [0.1, 0.15) is 0 Å². The van der Waals surface area contributed by atoms with Crippen molar-refractivity contribution in [1.29, 1.82) is 0 Å². The van der Waals surface area contributed by atoms with Crippen LogP contribution in [0.5, 0.6) is 0 Å². The van der Waals surface area contributed by atoms with Crippen LogP contribution in [0.3, 0.4) is 0 Å². The monoisotopic (exact) mass is 296 g/mol. The molecule has 2 saturated carbocycles. The Bertz CT molecular complexity index is 242. The first kappa shape index (κ1) is 17.2. The largest absolute Gasteiger partial charge is 0.383 e. The molecule has 0 aromatic rings. The van der Waals surface area contributed by atoms with Crippen molar-refractivity contribution in [2.24, 2.45) is 5.73 Å². The van der Waals surface area contributed by atoms with Gasteiger partial charge in [0.15, 0.2) is 0 Å². The lowest BCUT2D eigenvalue weighted by molar-refractivity contribution is -0.00182. The van der Waals surface area contributed by atoms with Crippen molar-refractivity contribution in [3.63, 3.8) is 0 Å². The Balaban J connectivity index is 2.06. The summed E-state index contributed by atoms with van der Waals surface area (Å²) in [5.41, 5.74) is 5.77. The second kappa shape index (κ2) is 9.81. The van der Waals surface area contributed by atoms with Gasteiger partial charge in [-0.05, 0) is 45.1 Å². The Morgan fingerprint density at radius 3 is 1.90 bits per heavy atom. The first-order chi connectivity index (χ1) is 10.4. The van der Waals surface area contributed by atoms with Gasteiger partial charge in [0.05, 0.1) is 6.61 Å². The van der Waals surface area contributed by atoms with Gasteiger partial charge in [0, 0.05) is 25.2 Å². The van der Waals surface area contributed by atoms with Crippen molar-refractivity contribution in [2.75, 3.05) is 20.3 Å². The number of nitrogens with zero attached hydrogens (tertiary/aromatic N) is 1. The number of hydrogen-bond donors (Lipinski definition) is 1. The van der Waals surface area contributed by atoms with Crippen LogP contribution in [0.25, 0.3) is 0 Å². The first-order valence-electron chi connectivity index (χ1n) is 9.33. The molecule has 0 spiro atoms. The van der Waals surface area contributed by atoms with Crippen molar-refractivity contribution < 1.29 is 4.74 Å². The molecule has 2 fully saturated rings. The molecule has 0 radical (unpaired) electrons. The zero-order chi connectivity index (χ0) is 14.9. The summed E-state index contributed by atoms with van der Waals surface area (Å²) >= 11 is 0. The summed E-state index contributed by atoms with van der Waals surface area (Å²) < 4.78 is 5.58. The van der Waals surface area contributed by atoms with Crippen LogP contribution in [0, 0.1) is 0 Å². The van der Waals surface area contributed by atoms with Crippen LogP contribution in [0.4, 0.5) is 0 Å². The molecule has 3 heteroatoms. The van der Waals surface area contributed by atoms with Crippen molar-refractivity contribution in [3.8, 4) is 0 Å². The molecule has 0 aliphatic heterocycles. The molecule has 2 aliphatic rings. The summed E-state index contributed by atoms with van der Waals surface area (Å²) in [5.74, 6) is 0. The van der Waals surface area contributed by atoms with Crippen molar-refractivity contribution >= 4 is 0 Å². The van der Waals surface area contributed by atoms with Gasteiger partial charge in [-0.1, -0.05) is 38.5 Å².